The van der Waals surface area contributed by atoms with Crippen LogP contribution in [0.1, 0.15) is 23.6 Å². The van der Waals surface area contributed by atoms with Crippen molar-refractivity contribution in [2.75, 3.05) is 7.11 Å². The molecule has 0 saturated carbocycles. The quantitative estimate of drug-likeness (QED) is 0.641. The Balaban J connectivity index is 1.90. The standard InChI is InChI=1S/C19H16F3N3O3/c1-18(13-7-9-14(28-2)10-8-13)16(26)25(17(27)24-18)23-11-12-5-3-4-6-15(12)19(20,21)22/h3-11H,1-2H3,(H,24,27)/b23-11-/t18-/m0/s1. The van der Waals surface area contributed by atoms with E-state index < -0.39 is 29.2 Å². The van der Waals surface area contributed by atoms with Crippen LogP contribution in [0.15, 0.2) is 53.6 Å². The second-order valence-electron chi connectivity index (χ2n) is 6.23. The first-order valence-electron chi connectivity index (χ1n) is 8.18. The molecular formula is C19H16F3N3O3. The van der Waals surface area contributed by atoms with E-state index in [1.165, 1.54) is 32.2 Å². The van der Waals surface area contributed by atoms with Gasteiger partial charge < -0.3 is 10.1 Å². The SMILES string of the molecule is COc1ccc([C@]2(C)NC(=O)N(/N=C\c3ccccc3C(F)(F)F)C2=O)cc1. The molecule has 0 aliphatic carbocycles. The van der Waals surface area contributed by atoms with Crippen molar-refractivity contribution in [3.63, 3.8) is 0 Å². The lowest BCUT2D eigenvalue weighted by Crippen LogP contribution is -2.40. The number of rotatable bonds is 4. The van der Waals surface area contributed by atoms with Crippen molar-refractivity contribution in [1.29, 1.82) is 0 Å². The van der Waals surface area contributed by atoms with Crippen LogP contribution in [0, 0.1) is 0 Å². The average Bonchev–Trinajstić information content (AvgIpc) is 2.89. The number of carbonyl (C=O) groups excluding carboxylic acids is 2. The van der Waals surface area contributed by atoms with Gasteiger partial charge in [0.15, 0.2) is 0 Å². The molecule has 1 atom stereocenters. The number of urea groups is 1. The van der Waals surface area contributed by atoms with Gasteiger partial charge in [-0.25, -0.2) is 4.79 Å². The predicted octanol–water partition coefficient (Wildman–Crippen LogP) is 3.52. The lowest BCUT2D eigenvalue weighted by molar-refractivity contribution is -0.137. The number of benzene rings is 2. The zero-order valence-corrected chi connectivity index (χ0v) is 14.9. The Hall–Kier alpha value is -3.36. The van der Waals surface area contributed by atoms with Gasteiger partial charge >= 0.3 is 12.2 Å². The van der Waals surface area contributed by atoms with Crippen LogP contribution in [0.25, 0.3) is 0 Å². The number of amides is 3. The lowest BCUT2D eigenvalue weighted by Gasteiger charge is -2.21. The van der Waals surface area contributed by atoms with Crippen LogP contribution in [-0.2, 0) is 16.5 Å². The molecule has 0 aromatic heterocycles. The highest BCUT2D eigenvalue weighted by Crippen LogP contribution is 2.32. The minimum Gasteiger partial charge on any atom is -0.497 e. The Morgan fingerprint density at radius 1 is 1.11 bits per heavy atom. The maximum absolute atomic E-state index is 13.1. The third-order valence-corrected chi connectivity index (χ3v) is 4.42. The third-order valence-electron chi connectivity index (χ3n) is 4.42. The molecule has 9 heteroatoms. The van der Waals surface area contributed by atoms with Crippen LogP contribution in [0.4, 0.5) is 18.0 Å². The van der Waals surface area contributed by atoms with E-state index in [0.29, 0.717) is 16.3 Å². The summed E-state index contributed by atoms with van der Waals surface area (Å²) in [6.45, 7) is 1.49. The highest BCUT2D eigenvalue weighted by Gasteiger charge is 2.49. The Kier molecular flexibility index (Phi) is 4.84. The summed E-state index contributed by atoms with van der Waals surface area (Å²) < 4.78 is 44.3. The first-order valence-corrected chi connectivity index (χ1v) is 8.18. The molecule has 2 aromatic rings. The number of imide groups is 1. The topological polar surface area (TPSA) is 71.0 Å². The third kappa shape index (κ3) is 3.42. The van der Waals surface area contributed by atoms with Gasteiger partial charge in [-0.2, -0.15) is 18.3 Å². The summed E-state index contributed by atoms with van der Waals surface area (Å²) in [6, 6.07) is 10.4. The van der Waals surface area contributed by atoms with Crippen LogP contribution in [0.5, 0.6) is 5.75 Å². The van der Waals surface area contributed by atoms with Gasteiger partial charge in [-0.1, -0.05) is 30.3 Å². The minimum atomic E-state index is -4.59. The molecule has 1 N–H and O–H groups in total. The number of nitrogens with zero attached hydrogens (tertiary/aromatic N) is 2. The van der Waals surface area contributed by atoms with E-state index in [2.05, 4.69) is 10.4 Å². The second kappa shape index (κ2) is 6.99. The second-order valence-corrected chi connectivity index (χ2v) is 6.23. The van der Waals surface area contributed by atoms with Crippen LogP contribution >= 0.6 is 0 Å². The summed E-state index contributed by atoms with van der Waals surface area (Å²) in [5.41, 5.74) is -2.08. The summed E-state index contributed by atoms with van der Waals surface area (Å²) in [5, 5.41) is 6.76. The summed E-state index contributed by atoms with van der Waals surface area (Å²) in [5.74, 6) is -0.133. The van der Waals surface area contributed by atoms with Gasteiger partial charge in [-0.3, -0.25) is 4.79 Å². The number of alkyl halides is 3. The molecule has 146 valence electrons. The highest BCUT2D eigenvalue weighted by atomic mass is 19.4. The van der Waals surface area contributed by atoms with Crippen LogP contribution in [0.2, 0.25) is 0 Å². The maximum atomic E-state index is 13.1. The summed E-state index contributed by atoms with van der Waals surface area (Å²) >= 11 is 0. The molecule has 1 aliphatic rings. The fourth-order valence-corrected chi connectivity index (χ4v) is 2.84. The number of methoxy groups -OCH3 is 1. The molecule has 0 bridgehead atoms. The van der Waals surface area contributed by atoms with Gasteiger partial charge in [0.25, 0.3) is 5.91 Å². The van der Waals surface area contributed by atoms with E-state index in [-0.39, 0.29) is 5.56 Å². The van der Waals surface area contributed by atoms with Crippen LogP contribution in [0.3, 0.4) is 0 Å². The zero-order valence-electron chi connectivity index (χ0n) is 14.9. The molecule has 0 spiro atoms. The molecule has 3 rings (SSSR count). The normalized spacial score (nSPS) is 20.0. The number of ether oxygens (including phenoxy) is 1. The molecular weight excluding hydrogens is 375 g/mol. The molecule has 0 radical (unpaired) electrons. The molecule has 1 saturated heterocycles. The fourth-order valence-electron chi connectivity index (χ4n) is 2.84. The predicted molar refractivity (Wildman–Crippen MR) is 94.8 cm³/mol. The summed E-state index contributed by atoms with van der Waals surface area (Å²) in [7, 11) is 1.49. The van der Waals surface area contributed by atoms with Gasteiger partial charge in [0.2, 0.25) is 0 Å². The number of carbonyl (C=O) groups is 2. The number of hydrogen-bond donors (Lipinski definition) is 1. The summed E-state index contributed by atoms with van der Waals surface area (Å²) in [4.78, 5) is 25.0. The van der Waals surface area contributed by atoms with Crippen molar-refractivity contribution in [3.8, 4) is 5.75 Å². The molecule has 28 heavy (non-hydrogen) atoms. The van der Waals surface area contributed by atoms with Crippen molar-refractivity contribution in [2.45, 2.75) is 18.6 Å². The average molecular weight is 391 g/mol. The lowest BCUT2D eigenvalue weighted by atomic mass is 9.92. The first kappa shape index (κ1) is 19.4. The van der Waals surface area contributed by atoms with Gasteiger partial charge in [0, 0.05) is 5.56 Å². The maximum Gasteiger partial charge on any atom is 0.417 e. The van der Waals surface area contributed by atoms with Gasteiger partial charge in [-0.15, -0.1) is 5.01 Å². The molecule has 1 heterocycles. The minimum absolute atomic E-state index is 0.256. The Morgan fingerprint density at radius 3 is 2.36 bits per heavy atom. The fraction of sp³-hybridized carbons (Fsp3) is 0.211. The Bertz CT molecular complexity index is 941. The van der Waals surface area contributed by atoms with Crippen molar-refractivity contribution >= 4 is 18.2 Å². The smallest absolute Gasteiger partial charge is 0.417 e. The number of nitrogens with one attached hydrogen (secondary N) is 1. The van der Waals surface area contributed by atoms with Crippen LogP contribution < -0.4 is 10.1 Å². The Labute approximate surface area is 158 Å². The molecule has 0 unspecified atom stereocenters. The van der Waals surface area contributed by atoms with Gasteiger partial charge in [-0.05, 0) is 30.7 Å². The van der Waals surface area contributed by atoms with E-state index in [4.69, 9.17) is 4.74 Å². The monoisotopic (exact) mass is 391 g/mol. The number of halogens is 3. The molecule has 2 aromatic carbocycles. The molecule has 1 aliphatic heterocycles. The highest BCUT2D eigenvalue weighted by molar-refractivity contribution is 6.07. The zero-order chi connectivity index (χ0) is 20.5. The van der Waals surface area contributed by atoms with Crippen molar-refractivity contribution < 1.29 is 27.5 Å². The molecule has 3 amide bonds. The van der Waals surface area contributed by atoms with Crippen molar-refractivity contribution in [3.05, 3.63) is 65.2 Å². The number of hydrazone groups is 1. The number of hydrogen-bond acceptors (Lipinski definition) is 4. The largest absolute Gasteiger partial charge is 0.497 e. The van der Waals surface area contributed by atoms with E-state index in [9.17, 15) is 22.8 Å². The van der Waals surface area contributed by atoms with E-state index in [1.807, 2.05) is 0 Å². The Morgan fingerprint density at radius 2 is 1.75 bits per heavy atom. The first-order chi connectivity index (χ1) is 13.2. The molecule has 6 nitrogen and oxygen atoms in total. The van der Waals surface area contributed by atoms with Crippen molar-refractivity contribution in [2.24, 2.45) is 5.10 Å². The van der Waals surface area contributed by atoms with Gasteiger partial charge in [0.05, 0.1) is 18.9 Å². The van der Waals surface area contributed by atoms with Crippen molar-refractivity contribution in [1.82, 2.24) is 10.3 Å². The molecule has 1 fully saturated rings. The van der Waals surface area contributed by atoms with E-state index in [0.717, 1.165) is 12.3 Å². The van der Waals surface area contributed by atoms with E-state index in [1.54, 1.807) is 24.3 Å². The van der Waals surface area contributed by atoms with Gasteiger partial charge in [0.1, 0.15) is 11.3 Å². The van der Waals surface area contributed by atoms with Crippen LogP contribution in [-0.4, -0.2) is 30.3 Å². The van der Waals surface area contributed by atoms with E-state index >= 15 is 0 Å². The summed E-state index contributed by atoms with van der Waals surface area (Å²) in [6.07, 6.45) is -3.74.